The Kier molecular flexibility index (Phi) is 3.81. The second kappa shape index (κ2) is 5.73. The fourth-order valence-electron chi connectivity index (χ4n) is 2.11. The van der Waals surface area contributed by atoms with Gasteiger partial charge in [0.15, 0.2) is 5.16 Å². The van der Waals surface area contributed by atoms with Gasteiger partial charge in [-0.05, 0) is 18.4 Å². The molecule has 1 N–H and O–H groups in total. The van der Waals surface area contributed by atoms with Crippen molar-refractivity contribution in [1.29, 1.82) is 0 Å². The van der Waals surface area contributed by atoms with Gasteiger partial charge < -0.3 is 4.98 Å². The van der Waals surface area contributed by atoms with E-state index in [0.717, 1.165) is 32.7 Å². The second-order valence-electron chi connectivity index (χ2n) is 4.35. The first-order valence-corrected chi connectivity index (χ1v) is 7.83. The van der Waals surface area contributed by atoms with Gasteiger partial charge in [0, 0.05) is 16.1 Å². The zero-order valence-electron chi connectivity index (χ0n) is 10.9. The predicted octanol–water partition coefficient (Wildman–Crippen LogP) is 5.12. The van der Waals surface area contributed by atoms with Gasteiger partial charge in [-0.2, -0.15) is 0 Å². The highest BCUT2D eigenvalue weighted by molar-refractivity contribution is 7.98. The molecule has 3 rings (SSSR count). The van der Waals surface area contributed by atoms with E-state index >= 15 is 0 Å². The van der Waals surface area contributed by atoms with Crippen LogP contribution >= 0.6 is 23.4 Å². The number of benzene rings is 2. The minimum Gasteiger partial charge on any atom is -0.332 e. The molecule has 0 aliphatic carbocycles. The van der Waals surface area contributed by atoms with E-state index in [1.54, 1.807) is 11.8 Å². The molecule has 0 radical (unpaired) electrons. The molecule has 0 fully saturated rings. The fraction of sp³-hybridized carbons (Fsp3) is 0.0625. The summed E-state index contributed by atoms with van der Waals surface area (Å²) in [5.74, 6) is 0. The highest BCUT2D eigenvalue weighted by Crippen LogP contribution is 2.33. The van der Waals surface area contributed by atoms with E-state index in [-0.39, 0.29) is 0 Å². The summed E-state index contributed by atoms with van der Waals surface area (Å²) in [5, 5.41) is 1.62. The third kappa shape index (κ3) is 2.60. The molecular weight excluding hydrogens is 288 g/mol. The van der Waals surface area contributed by atoms with Gasteiger partial charge in [0.1, 0.15) is 0 Å². The molecular formula is C16H13ClN2S. The highest BCUT2D eigenvalue weighted by atomic mass is 35.5. The van der Waals surface area contributed by atoms with Gasteiger partial charge >= 0.3 is 0 Å². The lowest BCUT2D eigenvalue weighted by atomic mass is 10.1. The van der Waals surface area contributed by atoms with Crippen LogP contribution < -0.4 is 0 Å². The van der Waals surface area contributed by atoms with E-state index in [1.807, 2.05) is 48.7 Å². The van der Waals surface area contributed by atoms with Gasteiger partial charge in [0.05, 0.1) is 11.4 Å². The third-order valence-corrected chi connectivity index (χ3v) is 3.85. The van der Waals surface area contributed by atoms with Crippen molar-refractivity contribution in [3.63, 3.8) is 0 Å². The highest BCUT2D eigenvalue weighted by Gasteiger charge is 2.13. The molecule has 0 saturated carbocycles. The molecule has 3 aromatic rings. The number of nitrogens with one attached hydrogen (secondary N) is 1. The van der Waals surface area contributed by atoms with Crippen LogP contribution in [0, 0.1) is 0 Å². The van der Waals surface area contributed by atoms with Crippen LogP contribution in [-0.2, 0) is 0 Å². The molecule has 4 heteroatoms. The van der Waals surface area contributed by atoms with Crippen LogP contribution in [0.15, 0.2) is 59.8 Å². The number of H-pyrrole nitrogens is 1. The summed E-state index contributed by atoms with van der Waals surface area (Å²) in [6, 6.07) is 18.0. The molecule has 2 nitrogen and oxygen atoms in total. The second-order valence-corrected chi connectivity index (χ2v) is 5.58. The van der Waals surface area contributed by atoms with Crippen LogP contribution in [0.4, 0.5) is 0 Å². The van der Waals surface area contributed by atoms with E-state index in [1.165, 1.54) is 0 Å². The molecule has 0 unspecified atom stereocenters. The zero-order valence-corrected chi connectivity index (χ0v) is 12.5. The molecule has 0 amide bonds. The Balaban J connectivity index is 2.18. The van der Waals surface area contributed by atoms with E-state index in [0.29, 0.717) is 0 Å². The molecule has 0 saturated heterocycles. The lowest BCUT2D eigenvalue weighted by molar-refractivity contribution is 1.07. The number of thioether (sulfide) groups is 1. The number of hydrogen-bond acceptors (Lipinski definition) is 2. The first kappa shape index (κ1) is 13.3. The molecule has 20 heavy (non-hydrogen) atoms. The van der Waals surface area contributed by atoms with Crippen LogP contribution in [0.1, 0.15) is 0 Å². The Morgan fingerprint density at radius 1 is 1.00 bits per heavy atom. The summed E-state index contributed by atoms with van der Waals surface area (Å²) in [6.07, 6.45) is 2.01. The quantitative estimate of drug-likeness (QED) is 0.680. The van der Waals surface area contributed by atoms with Gasteiger partial charge in [-0.1, -0.05) is 65.8 Å². The maximum absolute atomic E-state index is 6.09. The molecule has 1 aromatic heterocycles. The number of nitrogens with zero attached hydrogens (tertiary/aromatic N) is 1. The van der Waals surface area contributed by atoms with Crippen molar-refractivity contribution in [2.24, 2.45) is 0 Å². The summed E-state index contributed by atoms with van der Waals surface area (Å²) in [6.45, 7) is 0. The summed E-state index contributed by atoms with van der Waals surface area (Å²) in [4.78, 5) is 8.04. The fourth-order valence-corrected chi connectivity index (χ4v) is 2.68. The Hall–Kier alpha value is -1.71. The van der Waals surface area contributed by atoms with Gasteiger partial charge in [-0.15, -0.1) is 0 Å². The maximum Gasteiger partial charge on any atom is 0.166 e. The maximum atomic E-state index is 6.09. The SMILES string of the molecule is CSc1nc(-c2cccc(Cl)c2)c(-c2ccccc2)[nH]1. The lowest BCUT2D eigenvalue weighted by Crippen LogP contribution is -1.83. The minimum absolute atomic E-state index is 0.718. The molecule has 1 heterocycles. The Morgan fingerprint density at radius 2 is 1.75 bits per heavy atom. The molecule has 2 aromatic carbocycles. The first-order valence-electron chi connectivity index (χ1n) is 6.23. The smallest absolute Gasteiger partial charge is 0.166 e. The Bertz CT molecular complexity index is 722. The van der Waals surface area contributed by atoms with E-state index in [2.05, 4.69) is 22.1 Å². The number of hydrogen-bond donors (Lipinski definition) is 1. The van der Waals surface area contributed by atoms with E-state index in [9.17, 15) is 0 Å². The summed E-state index contributed by atoms with van der Waals surface area (Å²) >= 11 is 7.69. The Morgan fingerprint density at radius 3 is 2.45 bits per heavy atom. The first-order chi connectivity index (χ1) is 9.78. The summed E-state index contributed by atoms with van der Waals surface area (Å²) in [5.41, 5.74) is 4.10. The average Bonchev–Trinajstić information content (AvgIpc) is 2.92. The molecule has 0 atom stereocenters. The van der Waals surface area contributed by atoms with E-state index in [4.69, 9.17) is 11.6 Å². The standard InChI is InChI=1S/C16H13ClN2S/c1-20-16-18-14(11-6-3-2-4-7-11)15(19-16)12-8-5-9-13(17)10-12/h2-10H,1H3,(H,18,19). The number of aromatic amines is 1. The number of halogens is 1. The minimum atomic E-state index is 0.718. The van der Waals surface area contributed by atoms with Crippen molar-refractivity contribution in [2.45, 2.75) is 5.16 Å². The van der Waals surface area contributed by atoms with Crippen LogP contribution in [0.3, 0.4) is 0 Å². The van der Waals surface area contributed by atoms with Gasteiger partial charge in [0.2, 0.25) is 0 Å². The molecule has 0 spiro atoms. The van der Waals surface area contributed by atoms with Crippen molar-refractivity contribution in [3.8, 4) is 22.5 Å². The lowest BCUT2D eigenvalue weighted by Gasteiger charge is -2.03. The van der Waals surface area contributed by atoms with Crippen molar-refractivity contribution in [2.75, 3.05) is 6.26 Å². The van der Waals surface area contributed by atoms with Crippen LogP contribution in [-0.4, -0.2) is 16.2 Å². The molecule has 0 aliphatic rings. The largest absolute Gasteiger partial charge is 0.332 e. The van der Waals surface area contributed by atoms with E-state index < -0.39 is 0 Å². The number of aromatic nitrogens is 2. The predicted molar refractivity (Wildman–Crippen MR) is 86.3 cm³/mol. The summed E-state index contributed by atoms with van der Waals surface area (Å²) in [7, 11) is 0. The van der Waals surface area contributed by atoms with Crippen LogP contribution in [0.2, 0.25) is 5.02 Å². The van der Waals surface area contributed by atoms with Gasteiger partial charge in [-0.25, -0.2) is 4.98 Å². The Labute approximate surface area is 127 Å². The van der Waals surface area contributed by atoms with Gasteiger partial charge in [-0.3, -0.25) is 0 Å². The van der Waals surface area contributed by atoms with Crippen molar-refractivity contribution in [1.82, 2.24) is 9.97 Å². The normalized spacial score (nSPS) is 10.7. The molecule has 0 bridgehead atoms. The summed E-state index contributed by atoms with van der Waals surface area (Å²) < 4.78 is 0. The third-order valence-electron chi connectivity index (χ3n) is 3.04. The zero-order chi connectivity index (χ0) is 13.9. The topological polar surface area (TPSA) is 28.7 Å². The van der Waals surface area contributed by atoms with Gasteiger partial charge in [0.25, 0.3) is 0 Å². The van der Waals surface area contributed by atoms with Crippen LogP contribution in [0.25, 0.3) is 22.5 Å². The van der Waals surface area contributed by atoms with Crippen molar-refractivity contribution in [3.05, 3.63) is 59.6 Å². The number of rotatable bonds is 3. The van der Waals surface area contributed by atoms with Crippen molar-refractivity contribution < 1.29 is 0 Å². The van der Waals surface area contributed by atoms with Crippen molar-refractivity contribution >= 4 is 23.4 Å². The molecule has 0 aliphatic heterocycles. The van der Waals surface area contributed by atoms with Crippen LogP contribution in [0.5, 0.6) is 0 Å². The average molecular weight is 301 g/mol. The monoisotopic (exact) mass is 300 g/mol. The number of imidazole rings is 1. The molecule has 100 valence electrons.